The minimum absolute atomic E-state index is 0.133. The molecular formula is C24H29N3O3S. The summed E-state index contributed by atoms with van der Waals surface area (Å²) >= 11 is 1.51. The highest BCUT2D eigenvalue weighted by molar-refractivity contribution is 8.16. The molecule has 0 N–H and O–H groups in total. The van der Waals surface area contributed by atoms with Gasteiger partial charge in [-0.05, 0) is 57.1 Å². The SMILES string of the molecule is CCOC(=O)C1=C(C)N=C2SC=C(CC(=O)N3CCCC3)N2[C@H]1c1ccc(C)cc1C. The number of carbonyl (C=O) groups excluding carboxylic acids is 2. The van der Waals surface area contributed by atoms with Crippen LogP contribution in [0.15, 0.2) is 45.6 Å². The Morgan fingerprint density at radius 1 is 1.19 bits per heavy atom. The molecule has 0 unspecified atom stereocenters. The summed E-state index contributed by atoms with van der Waals surface area (Å²) < 4.78 is 5.42. The fourth-order valence-corrected chi connectivity index (χ4v) is 5.46. The van der Waals surface area contributed by atoms with Gasteiger partial charge in [0, 0.05) is 18.8 Å². The van der Waals surface area contributed by atoms with Gasteiger partial charge < -0.3 is 14.5 Å². The normalized spacial score (nSPS) is 20.6. The lowest BCUT2D eigenvalue weighted by Crippen LogP contribution is -2.38. The fraction of sp³-hybridized carbons (Fsp3) is 0.458. The van der Waals surface area contributed by atoms with E-state index in [0.717, 1.165) is 47.9 Å². The molecule has 1 fully saturated rings. The molecule has 0 bridgehead atoms. The van der Waals surface area contributed by atoms with Crippen molar-refractivity contribution in [3.05, 3.63) is 57.3 Å². The summed E-state index contributed by atoms with van der Waals surface area (Å²) in [7, 11) is 0. The first-order valence-electron chi connectivity index (χ1n) is 10.9. The number of nitrogens with zero attached hydrogens (tertiary/aromatic N) is 3. The number of fused-ring (bicyclic) bond motifs is 1. The standard InChI is InChI=1S/C24H29N3O3S/c1-5-30-23(29)21-17(4)25-24-27(22(21)19-9-8-15(2)12-16(19)3)18(14-31-24)13-20(28)26-10-6-7-11-26/h8-9,12,14,22H,5-7,10-11,13H2,1-4H3/t22-/m0/s1. The van der Waals surface area contributed by atoms with Gasteiger partial charge in [-0.15, -0.1) is 0 Å². The quantitative estimate of drug-likeness (QED) is 0.634. The van der Waals surface area contributed by atoms with Gasteiger partial charge in [0.25, 0.3) is 0 Å². The Morgan fingerprint density at radius 2 is 1.94 bits per heavy atom. The molecule has 0 radical (unpaired) electrons. The highest BCUT2D eigenvalue weighted by Crippen LogP contribution is 2.45. The number of aryl methyl sites for hydroxylation is 2. The molecule has 3 aliphatic heterocycles. The second-order valence-electron chi connectivity index (χ2n) is 8.24. The number of amides is 1. The predicted molar refractivity (Wildman–Crippen MR) is 123 cm³/mol. The Morgan fingerprint density at radius 3 is 2.61 bits per heavy atom. The first-order chi connectivity index (χ1) is 14.9. The van der Waals surface area contributed by atoms with Crippen LogP contribution in [0, 0.1) is 13.8 Å². The summed E-state index contributed by atoms with van der Waals surface area (Å²) in [5, 5.41) is 2.81. The summed E-state index contributed by atoms with van der Waals surface area (Å²) in [5.74, 6) is -0.219. The second kappa shape index (κ2) is 8.91. The number of carbonyl (C=O) groups is 2. The lowest BCUT2D eigenvalue weighted by Gasteiger charge is -2.37. The van der Waals surface area contributed by atoms with E-state index in [9.17, 15) is 9.59 Å². The molecule has 4 rings (SSSR count). The van der Waals surface area contributed by atoms with Crippen LogP contribution in [-0.2, 0) is 14.3 Å². The molecule has 1 aromatic rings. The number of amidine groups is 1. The molecule has 0 saturated carbocycles. The lowest BCUT2D eigenvalue weighted by molar-refractivity contribution is -0.139. The minimum atomic E-state index is -0.361. The van der Waals surface area contributed by atoms with Crippen LogP contribution in [0.25, 0.3) is 0 Å². The topological polar surface area (TPSA) is 62.2 Å². The largest absolute Gasteiger partial charge is 0.463 e. The van der Waals surface area contributed by atoms with Crippen molar-refractivity contribution in [2.75, 3.05) is 19.7 Å². The maximum absolute atomic E-state index is 13.0. The van der Waals surface area contributed by atoms with E-state index in [0.29, 0.717) is 24.3 Å². The van der Waals surface area contributed by atoms with E-state index in [2.05, 4.69) is 36.9 Å². The van der Waals surface area contributed by atoms with Crippen LogP contribution in [-0.4, -0.2) is 46.5 Å². The number of thioether (sulfide) groups is 1. The first kappa shape index (κ1) is 21.7. The summed E-state index contributed by atoms with van der Waals surface area (Å²) in [4.78, 5) is 34.7. The third-order valence-corrected chi connectivity index (χ3v) is 6.90. The molecule has 1 aromatic carbocycles. The van der Waals surface area contributed by atoms with Crippen LogP contribution >= 0.6 is 11.8 Å². The van der Waals surface area contributed by atoms with Crippen molar-refractivity contribution in [2.24, 2.45) is 4.99 Å². The number of rotatable bonds is 5. The van der Waals surface area contributed by atoms with Gasteiger partial charge >= 0.3 is 5.97 Å². The highest BCUT2D eigenvalue weighted by Gasteiger charge is 2.42. The van der Waals surface area contributed by atoms with Gasteiger partial charge in [0.2, 0.25) is 5.91 Å². The average molecular weight is 440 g/mol. The molecule has 0 spiro atoms. The summed E-state index contributed by atoms with van der Waals surface area (Å²) in [6.45, 7) is 9.75. The predicted octanol–water partition coefficient (Wildman–Crippen LogP) is 4.45. The van der Waals surface area contributed by atoms with Crippen molar-refractivity contribution in [1.82, 2.24) is 9.80 Å². The number of aliphatic imine (C=N–C) groups is 1. The average Bonchev–Trinajstić information content (AvgIpc) is 3.38. The van der Waals surface area contributed by atoms with Crippen LogP contribution in [0.2, 0.25) is 0 Å². The Labute approximate surface area is 188 Å². The molecule has 1 atom stereocenters. The monoisotopic (exact) mass is 439 g/mol. The Hall–Kier alpha value is -2.54. The Bertz CT molecular complexity index is 1010. The molecule has 0 aromatic heterocycles. The van der Waals surface area contributed by atoms with Crippen molar-refractivity contribution in [3.63, 3.8) is 0 Å². The third kappa shape index (κ3) is 4.15. The van der Waals surface area contributed by atoms with E-state index in [4.69, 9.17) is 9.73 Å². The second-order valence-corrected chi connectivity index (χ2v) is 9.07. The zero-order valence-electron chi connectivity index (χ0n) is 18.6. The molecule has 0 aliphatic carbocycles. The molecule has 31 heavy (non-hydrogen) atoms. The van der Waals surface area contributed by atoms with Gasteiger partial charge in [-0.3, -0.25) is 4.79 Å². The van der Waals surface area contributed by atoms with Gasteiger partial charge in [0.15, 0.2) is 5.17 Å². The van der Waals surface area contributed by atoms with Crippen molar-refractivity contribution in [3.8, 4) is 0 Å². The zero-order chi connectivity index (χ0) is 22.1. The lowest BCUT2D eigenvalue weighted by atomic mass is 9.90. The molecule has 3 heterocycles. The third-order valence-electron chi connectivity index (χ3n) is 6.01. The van der Waals surface area contributed by atoms with Crippen LogP contribution in [0.5, 0.6) is 0 Å². The van der Waals surface area contributed by atoms with E-state index >= 15 is 0 Å². The molecule has 164 valence electrons. The van der Waals surface area contributed by atoms with Crippen molar-refractivity contribution in [2.45, 2.75) is 53.0 Å². The van der Waals surface area contributed by atoms with E-state index in [1.807, 2.05) is 24.2 Å². The van der Waals surface area contributed by atoms with Gasteiger partial charge in [-0.2, -0.15) is 0 Å². The fourth-order valence-electron chi connectivity index (χ4n) is 4.50. The number of likely N-dealkylation sites (tertiary alicyclic amines) is 1. The number of hydrogen-bond donors (Lipinski definition) is 0. The summed E-state index contributed by atoms with van der Waals surface area (Å²) in [6.07, 6.45) is 2.44. The summed E-state index contributed by atoms with van der Waals surface area (Å²) in [6, 6.07) is 5.90. The molecule has 3 aliphatic rings. The highest BCUT2D eigenvalue weighted by atomic mass is 32.2. The van der Waals surface area contributed by atoms with E-state index in [1.165, 1.54) is 17.3 Å². The van der Waals surface area contributed by atoms with Crippen molar-refractivity contribution in [1.29, 1.82) is 0 Å². The number of esters is 1. The molecule has 1 saturated heterocycles. The van der Waals surface area contributed by atoms with Crippen molar-refractivity contribution >= 4 is 28.8 Å². The summed E-state index contributed by atoms with van der Waals surface area (Å²) in [5.41, 5.74) is 5.40. The first-order valence-corrected chi connectivity index (χ1v) is 11.7. The van der Waals surface area contributed by atoms with Crippen LogP contribution in [0.1, 0.15) is 55.8 Å². The van der Waals surface area contributed by atoms with E-state index in [-0.39, 0.29) is 17.9 Å². The zero-order valence-corrected chi connectivity index (χ0v) is 19.4. The number of ether oxygens (including phenoxy) is 1. The van der Waals surface area contributed by atoms with Crippen LogP contribution in [0.4, 0.5) is 0 Å². The smallest absolute Gasteiger partial charge is 0.338 e. The van der Waals surface area contributed by atoms with Gasteiger partial charge in [-0.1, -0.05) is 35.5 Å². The number of benzene rings is 1. The number of hydrogen-bond acceptors (Lipinski definition) is 6. The minimum Gasteiger partial charge on any atom is -0.463 e. The van der Waals surface area contributed by atoms with E-state index < -0.39 is 0 Å². The maximum atomic E-state index is 13.0. The van der Waals surface area contributed by atoms with E-state index in [1.54, 1.807) is 0 Å². The number of allylic oxidation sites excluding steroid dienone is 1. The molecule has 1 amide bonds. The van der Waals surface area contributed by atoms with Gasteiger partial charge in [0.05, 0.1) is 30.3 Å². The Kier molecular flexibility index (Phi) is 6.23. The van der Waals surface area contributed by atoms with Crippen molar-refractivity contribution < 1.29 is 14.3 Å². The molecule has 6 nitrogen and oxygen atoms in total. The maximum Gasteiger partial charge on any atom is 0.338 e. The van der Waals surface area contributed by atoms with Gasteiger partial charge in [-0.25, -0.2) is 9.79 Å². The van der Waals surface area contributed by atoms with Crippen LogP contribution < -0.4 is 0 Å². The molecular weight excluding hydrogens is 410 g/mol. The van der Waals surface area contributed by atoms with Gasteiger partial charge in [0.1, 0.15) is 0 Å². The molecule has 7 heteroatoms. The Balaban J connectivity index is 1.75. The van der Waals surface area contributed by atoms with Crippen LogP contribution in [0.3, 0.4) is 0 Å².